The number of imide groups is 1. The van der Waals surface area contributed by atoms with Crippen molar-refractivity contribution < 1.29 is 33.6 Å². The first-order chi connectivity index (χ1) is 18.6. The van der Waals surface area contributed by atoms with Gasteiger partial charge in [0.05, 0.1) is 46.3 Å². The molecule has 0 spiro atoms. The number of nitro groups is 1. The van der Waals surface area contributed by atoms with Crippen LogP contribution in [0.2, 0.25) is 0 Å². The van der Waals surface area contributed by atoms with Crippen molar-refractivity contribution in [3.63, 3.8) is 0 Å². The van der Waals surface area contributed by atoms with Crippen LogP contribution in [0.15, 0.2) is 71.1 Å². The van der Waals surface area contributed by atoms with E-state index in [9.17, 15) is 29.3 Å². The maximum Gasteiger partial charge on any atom is 0.336 e. The van der Waals surface area contributed by atoms with Crippen LogP contribution >= 0.6 is 0 Å². The maximum atomic E-state index is 13.4. The van der Waals surface area contributed by atoms with Crippen LogP contribution in [0.25, 0.3) is 0 Å². The van der Waals surface area contributed by atoms with Crippen molar-refractivity contribution in [2.75, 3.05) is 19.8 Å². The number of nitro benzene ring substituents is 1. The SMILES string of the molecule is CCOC(=O)C1=C(C)NC(C)=C(C(=O)OCCCN2C(=O)c3ccccc3C2=O)C1c1cccc([N+](=O)[O-])c1. The molecule has 2 aliphatic rings. The molecule has 1 N–H and O–H groups in total. The summed E-state index contributed by atoms with van der Waals surface area (Å²) in [6.45, 7) is 4.99. The second-order valence-corrected chi connectivity index (χ2v) is 9.00. The lowest BCUT2D eigenvalue weighted by Crippen LogP contribution is -2.33. The fraction of sp³-hybridized carbons (Fsp3) is 0.286. The molecule has 0 aliphatic carbocycles. The molecule has 0 saturated heterocycles. The molecule has 1 unspecified atom stereocenters. The fourth-order valence-electron chi connectivity index (χ4n) is 4.80. The summed E-state index contributed by atoms with van der Waals surface area (Å²) in [6.07, 6.45) is 0.193. The van der Waals surface area contributed by atoms with E-state index in [4.69, 9.17) is 9.47 Å². The number of hydrogen-bond donors (Lipinski definition) is 1. The maximum absolute atomic E-state index is 13.4. The molecular weight excluding hydrogens is 506 g/mol. The smallest absolute Gasteiger partial charge is 0.336 e. The zero-order valence-electron chi connectivity index (χ0n) is 21.7. The van der Waals surface area contributed by atoms with Crippen molar-refractivity contribution in [1.82, 2.24) is 10.2 Å². The summed E-state index contributed by atoms with van der Waals surface area (Å²) in [4.78, 5) is 63.5. The molecule has 11 nitrogen and oxygen atoms in total. The van der Waals surface area contributed by atoms with Gasteiger partial charge in [-0.1, -0.05) is 24.3 Å². The minimum absolute atomic E-state index is 0.0529. The predicted molar refractivity (Wildman–Crippen MR) is 138 cm³/mol. The lowest BCUT2D eigenvalue weighted by Gasteiger charge is -2.30. The van der Waals surface area contributed by atoms with Gasteiger partial charge < -0.3 is 14.8 Å². The van der Waals surface area contributed by atoms with Crippen LogP contribution in [0.3, 0.4) is 0 Å². The van der Waals surface area contributed by atoms with E-state index in [2.05, 4.69) is 5.32 Å². The molecule has 39 heavy (non-hydrogen) atoms. The number of dihydropyridines is 1. The van der Waals surface area contributed by atoms with E-state index in [0.29, 0.717) is 28.1 Å². The summed E-state index contributed by atoms with van der Waals surface area (Å²) in [5.41, 5.74) is 1.94. The number of benzene rings is 2. The fourth-order valence-corrected chi connectivity index (χ4v) is 4.80. The summed E-state index contributed by atoms with van der Waals surface area (Å²) >= 11 is 0. The lowest BCUT2D eigenvalue weighted by atomic mass is 9.80. The second kappa shape index (κ2) is 11.3. The summed E-state index contributed by atoms with van der Waals surface area (Å²) in [6, 6.07) is 12.2. The Morgan fingerprint density at radius 2 is 1.54 bits per heavy atom. The van der Waals surface area contributed by atoms with Gasteiger partial charge in [-0.3, -0.25) is 24.6 Å². The average molecular weight is 534 g/mol. The second-order valence-electron chi connectivity index (χ2n) is 9.00. The molecule has 202 valence electrons. The van der Waals surface area contributed by atoms with Crippen molar-refractivity contribution in [3.05, 3.63) is 97.9 Å². The van der Waals surface area contributed by atoms with E-state index in [1.165, 1.54) is 18.2 Å². The minimum atomic E-state index is -0.978. The highest BCUT2D eigenvalue weighted by Gasteiger charge is 2.39. The molecule has 1 atom stereocenters. The first kappa shape index (κ1) is 27.2. The number of esters is 2. The Bertz CT molecular complexity index is 1410. The number of nitrogens with one attached hydrogen (secondary N) is 1. The Labute approximate surface area is 224 Å². The quantitative estimate of drug-likeness (QED) is 0.168. The number of nitrogens with zero attached hydrogens (tertiary/aromatic N) is 2. The number of ether oxygens (including phenoxy) is 2. The van der Waals surface area contributed by atoms with E-state index in [0.717, 1.165) is 4.90 Å². The number of fused-ring (bicyclic) bond motifs is 1. The van der Waals surface area contributed by atoms with Crippen LogP contribution in [0, 0.1) is 10.1 Å². The number of non-ortho nitro benzene ring substituents is 1. The molecule has 2 aromatic rings. The summed E-state index contributed by atoms with van der Waals surface area (Å²) in [5, 5.41) is 14.5. The van der Waals surface area contributed by atoms with Crippen molar-refractivity contribution in [1.29, 1.82) is 0 Å². The van der Waals surface area contributed by atoms with Gasteiger partial charge in [0.25, 0.3) is 17.5 Å². The Morgan fingerprint density at radius 3 is 2.10 bits per heavy atom. The third kappa shape index (κ3) is 5.28. The van der Waals surface area contributed by atoms with E-state index < -0.39 is 34.6 Å². The number of carbonyl (C=O) groups is 4. The van der Waals surface area contributed by atoms with Gasteiger partial charge in [-0.05, 0) is 44.9 Å². The molecule has 11 heteroatoms. The summed E-state index contributed by atoms with van der Waals surface area (Å²) in [5.74, 6) is -3.19. The predicted octanol–water partition coefficient (Wildman–Crippen LogP) is 3.62. The largest absolute Gasteiger partial charge is 0.463 e. The highest BCUT2D eigenvalue weighted by molar-refractivity contribution is 6.21. The molecule has 4 rings (SSSR count). The molecule has 2 amide bonds. The normalized spacial score (nSPS) is 16.7. The van der Waals surface area contributed by atoms with Crippen LogP contribution in [0.5, 0.6) is 0 Å². The van der Waals surface area contributed by atoms with Gasteiger partial charge in [-0.25, -0.2) is 9.59 Å². The van der Waals surface area contributed by atoms with Gasteiger partial charge >= 0.3 is 11.9 Å². The van der Waals surface area contributed by atoms with Crippen LogP contribution in [-0.2, 0) is 19.1 Å². The Morgan fingerprint density at radius 1 is 0.949 bits per heavy atom. The Kier molecular flexibility index (Phi) is 7.89. The Balaban J connectivity index is 1.54. The number of allylic oxidation sites excluding steroid dienone is 2. The van der Waals surface area contributed by atoms with Gasteiger partial charge in [0, 0.05) is 30.1 Å². The number of amides is 2. The van der Waals surface area contributed by atoms with Crippen molar-refractivity contribution in [3.8, 4) is 0 Å². The highest BCUT2D eigenvalue weighted by atomic mass is 16.6. The molecule has 0 saturated carbocycles. The molecule has 2 aromatic carbocycles. The van der Waals surface area contributed by atoms with Gasteiger partial charge in [-0.2, -0.15) is 0 Å². The van der Waals surface area contributed by atoms with Crippen molar-refractivity contribution >= 4 is 29.4 Å². The van der Waals surface area contributed by atoms with E-state index in [1.807, 2.05) is 0 Å². The summed E-state index contributed by atoms with van der Waals surface area (Å²) < 4.78 is 10.7. The zero-order chi connectivity index (χ0) is 28.3. The number of carbonyl (C=O) groups excluding carboxylic acids is 4. The third-order valence-electron chi connectivity index (χ3n) is 6.53. The van der Waals surface area contributed by atoms with Gasteiger partial charge in [0.1, 0.15) is 0 Å². The average Bonchev–Trinajstić information content (AvgIpc) is 3.15. The van der Waals surface area contributed by atoms with Crippen molar-refractivity contribution in [2.24, 2.45) is 0 Å². The summed E-state index contributed by atoms with van der Waals surface area (Å²) in [7, 11) is 0. The van der Waals surface area contributed by atoms with Crippen LogP contribution in [0.1, 0.15) is 59.4 Å². The number of rotatable bonds is 9. The molecule has 0 fully saturated rings. The van der Waals surface area contributed by atoms with E-state index >= 15 is 0 Å². The van der Waals surface area contributed by atoms with Crippen LogP contribution < -0.4 is 5.32 Å². The zero-order valence-corrected chi connectivity index (χ0v) is 21.7. The molecule has 2 heterocycles. The van der Waals surface area contributed by atoms with Gasteiger partial charge in [0.15, 0.2) is 0 Å². The van der Waals surface area contributed by atoms with Crippen molar-refractivity contribution in [2.45, 2.75) is 33.1 Å². The van der Waals surface area contributed by atoms with Crippen LogP contribution in [0.4, 0.5) is 5.69 Å². The van der Waals surface area contributed by atoms with Gasteiger partial charge in [-0.15, -0.1) is 0 Å². The van der Waals surface area contributed by atoms with E-state index in [1.54, 1.807) is 51.1 Å². The first-order valence-corrected chi connectivity index (χ1v) is 12.4. The molecule has 2 aliphatic heterocycles. The standard InChI is InChI=1S/C28H27N3O8/c1-4-38-27(34)22-16(2)29-17(3)23(24(22)18-9-7-10-19(15-18)31(36)37)28(35)39-14-8-13-30-25(32)20-11-5-6-12-21(20)26(30)33/h5-7,9-12,15,24,29H,4,8,13-14H2,1-3H3. The molecule has 0 radical (unpaired) electrons. The molecule has 0 bridgehead atoms. The minimum Gasteiger partial charge on any atom is -0.463 e. The third-order valence-corrected chi connectivity index (χ3v) is 6.53. The monoisotopic (exact) mass is 533 g/mol. The lowest BCUT2D eigenvalue weighted by molar-refractivity contribution is -0.384. The highest BCUT2D eigenvalue weighted by Crippen LogP contribution is 2.40. The molecule has 0 aromatic heterocycles. The molecular formula is C28H27N3O8. The topological polar surface area (TPSA) is 145 Å². The first-order valence-electron chi connectivity index (χ1n) is 12.4. The van der Waals surface area contributed by atoms with Gasteiger partial charge in [0.2, 0.25) is 0 Å². The number of hydrogen-bond acceptors (Lipinski definition) is 9. The van der Waals surface area contributed by atoms with Crippen LogP contribution in [-0.4, -0.2) is 53.3 Å². The Hall–Kier alpha value is -4.80. The van der Waals surface area contributed by atoms with E-state index in [-0.39, 0.29) is 43.0 Å².